The van der Waals surface area contributed by atoms with Crippen LogP contribution in [0.3, 0.4) is 0 Å². The molecule has 0 aromatic heterocycles. The lowest BCUT2D eigenvalue weighted by Crippen LogP contribution is -2.38. The zero-order valence-electron chi connectivity index (χ0n) is 25.5. The summed E-state index contributed by atoms with van der Waals surface area (Å²) >= 11 is 0. The molecule has 236 valence electrons. The number of phenols is 1. The maximum absolute atomic E-state index is 12.4. The molecule has 1 aromatic rings. The number of aromatic hydroxyl groups is 1. The lowest BCUT2D eigenvalue weighted by atomic mass is 10.2. The van der Waals surface area contributed by atoms with E-state index in [1.807, 2.05) is 6.92 Å². The molecule has 0 saturated carbocycles. The summed E-state index contributed by atoms with van der Waals surface area (Å²) < 4.78 is 10.7. The number of benzene rings is 1. The number of ether oxygens (including phenoxy) is 2. The van der Waals surface area contributed by atoms with Crippen molar-refractivity contribution >= 4 is 23.7 Å². The van der Waals surface area contributed by atoms with Crippen molar-refractivity contribution in [2.24, 2.45) is 0 Å². The van der Waals surface area contributed by atoms with E-state index in [0.717, 1.165) is 63.5 Å². The molecule has 0 heterocycles. The van der Waals surface area contributed by atoms with E-state index < -0.39 is 23.9 Å². The second-order valence-electron chi connectivity index (χ2n) is 9.56. The number of nitrogens with one attached hydrogen (secondary N) is 2. The Morgan fingerprint density at radius 2 is 1.44 bits per heavy atom. The van der Waals surface area contributed by atoms with Gasteiger partial charge in [-0.1, -0.05) is 74.6 Å². The smallest absolute Gasteiger partial charge is 0.411 e. The first-order chi connectivity index (χ1) is 20.9. The molecule has 43 heavy (non-hydrogen) atoms. The first-order valence-corrected chi connectivity index (χ1v) is 15.0. The van der Waals surface area contributed by atoms with Crippen LogP contribution in [0.2, 0.25) is 0 Å². The molecule has 4 N–H and O–H groups in total. The Bertz CT molecular complexity index is 1110. The second kappa shape index (κ2) is 24.5. The highest BCUT2D eigenvalue weighted by Gasteiger charge is 2.16. The van der Waals surface area contributed by atoms with E-state index in [2.05, 4.69) is 78.3 Å². The predicted octanol–water partition coefficient (Wildman–Crippen LogP) is 7.47. The first-order valence-electron chi connectivity index (χ1n) is 15.0. The molecule has 2 amide bonds. The summed E-state index contributed by atoms with van der Waals surface area (Å²) in [5.41, 5.74) is -0.185. The van der Waals surface area contributed by atoms with E-state index in [4.69, 9.17) is 14.6 Å². The maximum atomic E-state index is 12.4. The van der Waals surface area contributed by atoms with Crippen LogP contribution in [-0.4, -0.2) is 54.0 Å². The van der Waals surface area contributed by atoms with Crippen LogP contribution in [0.1, 0.15) is 82.0 Å². The van der Waals surface area contributed by atoms with E-state index in [9.17, 15) is 19.5 Å². The minimum Gasteiger partial charge on any atom is -0.507 e. The molecule has 0 spiro atoms. The molecule has 0 aliphatic rings. The molecule has 1 aromatic carbocycles. The van der Waals surface area contributed by atoms with Crippen molar-refractivity contribution in [2.45, 2.75) is 77.7 Å². The summed E-state index contributed by atoms with van der Waals surface area (Å²) in [6.45, 7) is 4.52. The quantitative estimate of drug-likeness (QED) is 0.0619. The van der Waals surface area contributed by atoms with Gasteiger partial charge >= 0.3 is 12.1 Å². The van der Waals surface area contributed by atoms with Gasteiger partial charge in [0.05, 0.1) is 6.54 Å². The molecule has 0 fully saturated rings. The third kappa shape index (κ3) is 18.8. The van der Waals surface area contributed by atoms with Crippen LogP contribution in [0.25, 0.3) is 0 Å². The van der Waals surface area contributed by atoms with Crippen molar-refractivity contribution in [1.82, 2.24) is 5.32 Å². The highest BCUT2D eigenvalue weighted by atomic mass is 16.5. The molecule has 1 rings (SSSR count). The Labute approximate surface area is 256 Å². The number of aromatic carboxylic acids is 1. The van der Waals surface area contributed by atoms with Crippen molar-refractivity contribution in [3.05, 3.63) is 84.5 Å². The average Bonchev–Trinajstić information content (AvgIpc) is 2.99. The Morgan fingerprint density at radius 1 is 0.837 bits per heavy atom. The number of hydrogen-bond acceptors (Lipinski definition) is 6. The Hall–Kier alpha value is -4.11. The maximum Gasteiger partial charge on any atom is 0.411 e. The van der Waals surface area contributed by atoms with Gasteiger partial charge < -0.3 is 25.0 Å². The SMILES string of the molecule is CC/C=C\C/C=C\C/C=C\C/C=C\C/C=C\CCCCO[C@H](CC)C(=O)NCCOC(=O)Nc1ccc(O)c(C(=O)O)c1. The Kier molecular flexibility index (Phi) is 21.0. The van der Waals surface area contributed by atoms with Gasteiger partial charge in [0.25, 0.3) is 0 Å². The molecule has 0 bridgehead atoms. The van der Waals surface area contributed by atoms with Crippen molar-refractivity contribution < 1.29 is 34.1 Å². The third-order valence-electron chi connectivity index (χ3n) is 6.01. The number of carbonyl (C=O) groups is 3. The molecule has 0 radical (unpaired) electrons. The summed E-state index contributed by atoms with van der Waals surface area (Å²) in [7, 11) is 0. The van der Waals surface area contributed by atoms with Crippen LogP contribution in [0, 0.1) is 0 Å². The molecule has 9 heteroatoms. The van der Waals surface area contributed by atoms with Gasteiger partial charge in [-0.05, 0) is 76.0 Å². The number of amides is 2. The lowest BCUT2D eigenvalue weighted by molar-refractivity contribution is -0.133. The normalized spacial score (nSPS) is 12.6. The summed E-state index contributed by atoms with van der Waals surface area (Å²) in [5.74, 6) is -2.00. The fraction of sp³-hybridized carbons (Fsp3) is 0.441. The molecule has 1 atom stereocenters. The zero-order valence-corrected chi connectivity index (χ0v) is 25.5. The molecule has 0 aliphatic heterocycles. The van der Waals surface area contributed by atoms with E-state index in [1.54, 1.807) is 0 Å². The van der Waals surface area contributed by atoms with Crippen molar-refractivity contribution in [1.29, 1.82) is 0 Å². The van der Waals surface area contributed by atoms with Gasteiger partial charge in [0, 0.05) is 12.3 Å². The van der Waals surface area contributed by atoms with Crippen LogP contribution < -0.4 is 10.6 Å². The number of allylic oxidation sites excluding steroid dienone is 10. The lowest BCUT2D eigenvalue weighted by Gasteiger charge is -2.16. The third-order valence-corrected chi connectivity index (χ3v) is 6.01. The summed E-state index contributed by atoms with van der Waals surface area (Å²) in [4.78, 5) is 35.4. The average molecular weight is 597 g/mol. The van der Waals surface area contributed by atoms with Gasteiger partial charge in [-0.2, -0.15) is 0 Å². The molecule has 0 aliphatic carbocycles. The van der Waals surface area contributed by atoms with Gasteiger partial charge in [-0.25, -0.2) is 9.59 Å². The fourth-order valence-electron chi connectivity index (χ4n) is 3.71. The standard InChI is InChI=1S/C34H48N2O7/c1-3-5-6-7-8-9-10-11-12-13-14-15-16-17-18-19-20-21-25-42-31(4-2)32(38)35-24-26-43-34(41)36-28-22-23-30(37)29(27-28)33(39)40/h5-6,8-9,11-12,14-15,17-18,22-23,27,31,37H,3-4,7,10,13,16,19-21,24-26H2,1-2H3,(H,35,38)(H,36,41)(H,39,40)/b6-5-,9-8-,12-11-,15-14-,18-17-/t31-/m1/s1. The Morgan fingerprint density at radius 3 is 2.02 bits per heavy atom. The van der Waals surface area contributed by atoms with Gasteiger partial charge in [-0.3, -0.25) is 10.1 Å². The highest BCUT2D eigenvalue weighted by molar-refractivity contribution is 5.94. The predicted molar refractivity (Wildman–Crippen MR) is 171 cm³/mol. The van der Waals surface area contributed by atoms with Crippen LogP contribution >= 0.6 is 0 Å². The number of carbonyl (C=O) groups excluding carboxylic acids is 2. The molecule has 0 unspecified atom stereocenters. The van der Waals surface area contributed by atoms with E-state index >= 15 is 0 Å². The van der Waals surface area contributed by atoms with Crippen LogP contribution in [0.4, 0.5) is 10.5 Å². The first kappa shape index (κ1) is 36.9. The second-order valence-corrected chi connectivity index (χ2v) is 9.56. The van der Waals surface area contributed by atoms with Crippen LogP contribution in [-0.2, 0) is 14.3 Å². The van der Waals surface area contributed by atoms with Crippen molar-refractivity contribution in [3.63, 3.8) is 0 Å². The number of carboxylic acids is 1. The number of hydrogen-bond donors (Lipinski definition) is 4. The van der Waals surface area contributed by atoms with Crippen molar-refractivity contribution in [2.75, 3.05) is 25.1 Å². The van der Waals surface area contributed by atoms with Gasteiger partial charge in [0.15, 0.2) is 0 Å². The zero-order chi connectivity index (χ0) is 31.5. The van der Waals surface area contributed by atoms with Crippen LogP contribution in [0.15, 0.2) is 79.0 Å². The highest BCUT2D eigenvalue weighted by Crippen LogP contribution is 2.21. The minimum absolute atomic E-state index is 0.0782. The fourth-order valence-corrected chi connectivity index (χ4v) is 3.71. The molecular weight excluding hydrogens is 548 g/mol. The number of rotatable bonds is 22. The molecule has 9 nitrogen and oxygen atoms in total. The molecular formula is C34H48N2O7. The summed E-state index contributed by atoms with van der Waals surface area (Å²) in [5, 5.41) is 23.6. The monoisotopic (exact) mass is 596 g/mol. The summed E-state index contributed by atoms with van der Waals surface area (Å²) in [6, 6.07) is 3.62. The summed E-state index contributed by atoms with van der Waals surface area (Å²) in [6.07, 6.45) is 28.7. The number of carboxylic acid groups (broad SMARTS) is 1. The van der Waals surface area contributed by atoms with E-state index in [1.165, 1.54) is 6.07 Å². The van der Waals surface area contributed by atoms with Gasteiger partial charge in [0.2, 0.25) is 5.91 Å². The van der Waals surface area contributed by atoms with Gasteiger partial charge in [-0.15, -0.1) is 0 Å². The molecule has 0 saturated heterocycles. The number of unbranched alkanes of at least 4 members (excludes halogenated alkanes) is 2. The van der Waals surface area contributed by atoms with Crippen molar-refractivity contribution in [3.8, 4) is 5.75 Å². The Balaban J connectivity index is 2.10. The largest absolute Gasteiger partial charge is 0.507 e. The van der Waals surface area contributed by atoms with Crippen LogP contribution in [0.5, 0.6) is 5.75 Å². The van der Waals surface area contributed by atoms with E-state index in [0.29, 0.717) is 13.0 Å². The topological polar surface area (TPSA) is 134 Å². The van der Waals surface area contributed by atoms with E-state index in [-0.39, 0.29) is 30.3 Å². The minimum atomic E-state index is -1.32. The van der Waals surface area contributed by atoms with Gasteiger partial charge in [0.1, 0.15) is 24.0 Å². The number of anilines is 1.